The van der Waals surface area contributed by atoms with Crippen LogP contribution in [0.25, 0.3) is 6.08 Å². The molecule has 1 saturated heterocycles. The third-order valence-corrected chi connectivity index (χ3v) is 7.76. The van der Waals surface area contributed by atoms with Gasteiger partial charge < -0.3 is 9.47 Å². The summed E-state index contributed by atoms with van der Waals surface area (Å²) < 4.78 is 11.8. The molecule has 6 heteroatoms. The molecule has 1 fully saturated rings. The minimum absolute atomic E-state index is 0.0758. The van der Waals surface area contributed by atoms with Crippen molar-refractivity contribution >= 4 is 34.6 Å². The fourth-order valence-electron chi connectivity index (χ4n) is 4.74. The van der Waals surface area contributed by atoms with E-state index >= 15 is 0 Å². The van der Waals surface area contributed by atoms with Crippen LogP contribution in [0.2, 0.25) is 0 Å². The van der Waals surface area contributed by atoms with E-state index in [0.717, 1.165) is 16.8 Å². The second-order valence-corrected chi connectivity index (χ2v) is 10.8. The molecule has 5 rings (SSSR count). The maximum absolute atomic E-state index is 13.6. The average molecular weight is 549 g/mol. The summed E-state index contributed by atoms with van der Waals surface area (Å²) >= 11 is 1.38. The number of benzene rings is 4. The van der Waals surface area contributed by atoms with E-state index in [1.165, 1.54) is 34.0 Å². The summed E-state index contributed by atoms with van der Waals surface area (Å²) in [6, 6.07) is 29.7. The predicted molar refractivity (Wildman–Crippen MR) is 164 cm³/mol. The van der Waals surface area contributed by atoms with Crippen LogP contribution in [0, 0.1) is 20.8 Å². The number of amides is 1. The molecular weight excluding hydrogens is 516 g/mol. The first-order valence-corrected chi connectivity index (χ1v) is 14.0. The zero-order chi connectivity index (χ0) is 28.1. The second-order valence-electron chi connectivity index (χ2n) is 9.79. The van der Waals surface area contributed by atoms with Crippen molar-refractivity contribution < 1.29 is 14.3 Å². The van der Waals surface area contributed by atoms with Gasteiger partial charge in [-0.25, -0.2) is 4.99 Å². The fourth-order valence-corrected chi connectivity index (χ4v) is 5.74. The van der Waals surface area contributed by atoms with Crippen LogP contribution in [0.3, 0.4) is 0 Å². The summed E-state index contributed by atoms with van der Waals surface area (Å²) in [7, 11) is 1.63. The molecule has 4 aromatic rings. The lowest BCUT2D eigenvalue weighted by Crippen LogP contribution is -2.28. The molecule has 1 amide bonds. The van der Waals surface area contributed by atoms with Crippen LogP contribution < -0.4 is 9.47 Å². The van der Waals surface area contributed by atoms with Gasteiger partial charge in [-0.1, -0.05) is 72.3 Å². The molecule has 0 atom stereocenters. The van der Waals surface area contributed by atoms with Crippen LogP contribution in [0.5, 0.6) is 11.5 Å². The highest BCUT2D eigenvalue weighted by atomic mass is 32.2. The number of rotatable bonds is 8. The Morgan fingerprint density at radius 1 is 0.850 bits per heavy atom. The third-order valence-electron chi connectivity index (χ3n) is 6.75. The molecule has 40 heavy (non-hydrogen) atoms. The zero-order valence-corrected chi connectivity index (χ0v) is 24.0. The highest BCUT2D eigenvalue weighted by molar-refractivity contribution is 8.18. The smallest absolute Gasteiger partial charge is 0.267 e. The number of hydrogen-bond acceptors (Lipinski definition) is 5. The number of thioether (sulfide) groups is 1. The summed E-state index contributed by atoms with van der Waals surface area (Å²) in [5, 5.41) is 0.655. The summed E-state index contributed by atoms with van der Waals surface area (Å²) in [6.07, 6.45) is 1.89. The zero-order valence-electron chi connectivity index (χ0n) is 23.2. The highest BCUT2D eigenvalue weighted by Crippen LogP contribution is 2.37. The summed E-state index contributed by atoms with van der Waals surface area (Å²) in [5.74, 6) is 1.20. The first-order valence-electron chi connectivity index (χ1n) is 13.2. The number of para-hydroxylation sites is 1. The topological polar surface area (TPSA) is 51.1 Å². The Bertz CT molecular complexity index is 1560. The van der Waals surface area contributed by atoms with Crippen molar-refractivity contribution in [1.82, 2.24) is 4.90 Å². The molecule has 5 nitrogen and oxygen atoms in total. The molecule has 4 aromatic carbocycles. The van der Waals surface area contributed by atoms with Gasteiger partial charge in [-0.15, -0.1) is 0 Å². The van der Waals surface area contributed by atoms with Crippen LogP contribution in [0.4, 0.5) is 5.69 Å². The van der Waals surface area contributed by atoms with Gasteiger partial charge in [0.1, 0.15) is 6.61 Å². The Hall–Kier alpha value is -4.29. The van der Waals surface area contributed by atoms with Crippen LogP contribution >= 0.6 is 11.8 Å². The number of carbonyl (C=O) groups is 1. The van der Waals surface area contributed by atoms with Crippen molar-refractivity contribution in [1.29, 1.82) is 0 Å². The monoisotopic (exact) mass is 548 g/mol. The van der Waals surface area contributed by atoms with Gasteiger partial charge >= 0.3 is 0 Å². The van der Waals surface area contributed by atoms with Gasteiger partial charge in [-0.3, -0.25) is 9.69 Å². The molecule has 0 aliphatic carbocycles. The standard InChI is InChI=1S/C34H32N2O3S/c1-23-17-24(2)29(25(3)18-23)22-39-30-16-15-27(19-31(30)38-4)20-32-33(37)36(21-26-11-7-5-8-12-26)34(40-32)35-28-13-9-6-10-14-28/h5-20H,21-22H2,1-4H3/b32-20+,35-34?. The minimum Gasteiger partial charge on any atom is -0.493 e. The van der Waals surface area contributed by atoms with Crippen molar-refractivity contribution in [2.45, 2.75) is 33.9 Å². The largest absolute Gasteiger partial charge is 0.493 e. The molecule has 1 aliphatic rings. The van der Waals surface area contributed by atoms with Crippen molar-refractivity contribution in [3.8, 4) is 11.5 Å². The molecule has 0 N–H and O–H groups in total. The molecule has 1 aliphatic heterocycles. The van der Waals surface area contributed by atoms with Crippen LogP contribution in [-0.4, -0.2) is 23.1 Å². The number of amidine groups is 1. The van der Waals surface area contributed by atoms with Crippen molar-refractivity contribution in [3.63, 3.8) is 0 Å². The summed E-state index contributed by atoms with van der Waals surface area (Å²) in [4.78, 5) is 20.7. The highest BCUT2D eigenvalue weighted by Gasteiger charge is 2.33. The summed E-state index contributed by atoms with van der Waals surface area (Å²) in [6.45, 7) is 7.22. The number of aryl methyl sites for hydroxylation is 3. The van der Waals surface area contributed by atoms with Gasteiger partial charge in [-0.05, 0) is 90.7 Å². The third kappa shape index (κ3) is 6.29. The molecule has 1 heterocycles. The van der Waals surface area contributed by atoms with E-state index in [9.17, 15) is 4.79 Å². The van der Waals surface area contributed by atoms with E-state index in [1.807, 2.05) is 84.9 Å². The molecule has 202 valence electrons. The molecule has 0 radical (unpaired) electrons. The number of methoxy groups -OCH3 is 1. The quantitative estimate of drug-likeness (QED) is 0.209. The first kappa shape index (κ1) is 27.3. The lowest BCUT2D eigenvalue weighted by atomic mass is 10.0. The minimum atomic E-state index is -0.0758. The van der Waals surface area contributed by atoms with Gasteiger partial charge in [0.15, 0.2) is 16.7 Å². The maximum Gasteiger partial charge on any atom is 0.267 e. The molecule has 0 saturated carbocycles. The Labute approximate surface area is 240 Å². The van der Waals surface area contributed by atoms with E-state index in [1.54, 1.807) is 12.0 Å². The van der Waals surface area contributed by atoms with Gasteiger partial charge in [0.2, 0.25) is 0 Å². The number of nitrogens with zero attached hydrogens (tertiary/aromatic N) is 2. The number of carbonyl (C=O) groups excluding carboxylic acids is 1. The van der Waals surface area contributed by atoms with Crippen LogP contribution in [0.1, 0.15) is 33.4 Å². The Kier molecular flexibility index (Phi) is 8.37. The Morgan fingerprint density at radius 3 is 2.20 bits per heavy atom. The Morgan fingerprint density at radius 2 is 1.52 bits per heavy atom. The summed E-state index contributed by atoms with van der Waals surface area (Å²) in [5.41, 5.74) is 7.54. The maximum atomic E-state index is 13.6. The number of ether oxygens (including phenoxy) is 2. The van der Waals surface area contributed by atoms with E-state index in [0.29, 0.717) is 34.7 Å². The van der Waals surface area contributed by atoms with E-state index in [4.69, 9.17) is 14.5 Å². The molecular formula is C34H32N2O3S. The number of aliphatic imine (C=N–C) groups is 1. The molecule has 0 bridgehead atoms. The van der Waals surface area contributed by atoms with Crippen molar-refractivity contribution in [2.24, 2.45) is 4.99 Å². The Balaban J connectivity index is 1.40. The first-order chi connectivity index (χ1) is 19.4. The van der Waals surface area contributed by atoms with E-state index in [-0.39, 0.29) is 5.91 Å². The van der Waals surface area contributed by atoms with Crippen molar-refractivity contribution in [3.05, 3.63) is 129 Å². The number of hydrogen-bond donors (Lipinski definition) is 0. The molecule has 0 aromatic heterocycles. The van der Waals surface area contributed by atoms with Gasteiger partial charge in [-0.2, -0.15) is 0 Å². The van der Waals surface area contributed by atoms with Crippen LogP contribution in [-0.2, 0) is 17.9 Å². The van der Waals surface area contributed by atoms with Crippen LogP contribution in [0.15, 0.2) is 101 Å². The normalized spacial score (nSPS) is 15.2. The van der Waals surface area contributed by atoms with Gasteiger partial charge in [0, 0.05) is 0 Å². The average Bonchev–Trinajstić information content (AvgIpc) is 3.22. The molecule has 0 unspecified atom stereocenters. The predicted octanol–water partition coefficient (Wildman–Crippen LogP) is 8.00. The van der Waals surface area contributed by atoms with Gasteiger partial charge in [0.25, 0.3) is 5.91 Å². The second kappa shape index (κ2) is 12.3. The van der Waals surface area contributed by atoms with Gasteiger partial charge in [0.05, 0.1) is 24.2 Å². The van der Waals surface area contributed by atoms with Crippen molar-refractivity contribution in [2.75, 3.05) is 7.11 Å². The fraction of sp³-hybridized carbons (Fsp3) is 0.176. The molecule has 0 spiro atoms. The van der Waals surface area contributed by atoms with E-state index < -0.39 is 0 Å². The SMILES string of the molecule is COc1cc(/C=C2/SC(=Nc3ccccc3)N(Cc3ccccc3)C2=O)ccc1OCc1c(C)cc(C)cc1C. The lowest BCUT2D eigenvalue weighted by Gasteiger charge is -2.16. The lowest BCUT2D eigenvalue weighted by molar-refractivity contribution is -0.122. The van der Waals surface area contributed by atoms with E-state index in [2.05, 4.69) is 32.9 Å².